The summed E-state index contributed by atoms with van der Waals surface area (Å²) in [5.41, 5.74) is 4.19. The molecule has 0 radical (unpaired) electrons. The van der Waals surface area contributed by atoms with E-state index in [1.165, 1.54) is 5.56 Å². The molecule has 2 aliphatic rings. The number of Topliss-reactive ketones (excluding diaryl/α,β-unsaturated/α-hetero) is 1. The molecule has 38 heavy (non-hydrogen) atoms. The minimum Gasteiger partial charge on any atom is -0.497 e. The summed E-state index contributed by atoms with van der Waals surface area (Å²) >= 11 is 0. The van der Waals surface area contributed by atoms with E-state index in [0.29, 0.717) is 47.4 Å². The molecule has 0 atom stereocenters. The average molecular weight is 518 g/mol. The number of rotatable bonds is 8. The summed E-state index contributed by atoms with van der Waals surface area (Å²) in [5.74, 6) is 3.71. The van der Waals surface area contributed by atoms with E-state index < -0.39 is 0 Å². The van der Waals surface area contributed by atoms with Crippen molar-refractivity contribution < 1.29 is 33.2 Å². The van der Waals surface area contributed by atoms with Crippen LogP contribution in [0.4, 0.5) is 0 Å². The van der Waals surface area contributed by atoms with Gasteiger partial charge in [0.15, 0.2) is 17.3 Å². The molecule has 8 heteroatoms. The van der Waals surface area contributed by atoms with Gasteiger partial charge in [0.25, 0.3) is 0 Å². The average Bonchev–Trinajstić information content (AvgIpc) is 3.28. The summed E-state index contributed by atoms with van der Waals surface area (Å²) in [6, 6.07) is 13.6. The van der Waals surface area contributed by atoms with Gasteiger partial charge in [-0.2, -0.15) is 0 Å². The number of ketones is 1. The van der Waals surface area contributed by atoms with Crippen LogP contribution in [0.15, 0.2) is 48.2 Å². The monoisotopic (exact) mass is 517 g/mol. The molecule has 0 aromatic heterocycles. The van der Waals surface area contributed by atoms with Crippen LogP contribution in [0, 0.1) is 6.92 Å². The largest absolute Gasteiger partial charge is 0.497 e. The van der Waals surface area contributed by atoms with Crippen LogP contribution in [-0.4, -0.2) is 52.4 Å². The van der Waals surface area contributed by atoms with Crippen molar-refractivity contribution in [2.45, 2.75) is 19.9 Å². The molecule has 3 aromatic rings. The van der Waals surface area contributed by atoms with Crippen LogP contribution in [-0.2, 0) is 13.0 Å². The van der Waals surface area contributed by atoms with E-state index in [0.717, 1.165) is 35.6 Å². The Labute approximate surface area is 222 Å². The van der Waals surface area contributed by atoms with Crippen LogP contribution >= 0.6 is 0 Å². The van der Waals surface area contributed by atoms with Crippen LogP contribution in [0.3, 0.4) is 0 Å². The van der Waals surface area contributed by atoms with E-state index in [2.05, 4.69) is 17.0 Å². The Morgan fingerprint density at radius 1 is 0.947 bits per heavy atom. The second-order valence-corrected chi connectivity index (χ2v) is 9.20. The number of aryl methyl sites for hydroxylation is 1. The minimum atomic E-state index is -0.163. The summed E-state index contributed by atoms with van der Waals surface area (Å²) in [4.78, 5) is 15.6. The van der Waals surface area contributed by atoms with Crippen LogP contribution < -0.4 is 28.4 Å². The van der Waals surface area contributed by atoms with Gasteiger partial charge in [0, 0.05) is 13.1 Å². The maximum absolute atomic E-state index is 13.4. The quantitative estimate of drug-likeness (QED) is 0.385. The second-order valence-electron chi connectivity index (χ2n) is 9.20. The lowest BCUT2D eigenvalue weighted by Crippen LogP contribution is -2.33. The van der Waals surface area contributed by atoms with Crippen molar-refractivity contribution in [3.05, 3.63) is 76.0 Å². The SMILES string of the molecule is COc1ccc(CCN2COc3cc(C)c4c(c3C2)O/C(=C/c2cc(OC)c(OC)c(OC)c2)C4=O)cc1. The van der Waals surface area contributed by atoms with Crippen molar-refractivity contribution in [2.24, 2.45) is 0 Å². The molecule has 0 N–H and O–H groups in total. The standard InChI is InChI=1S/C30H31NO7/c1-18-12-23-22(16-31(17-37-23)11-10-19-6-8-21(33-2)9-7-19)29-27(18)28(32)24(38-29)13-20-14-25(34-3)30(36-5)26(15-20)35-4/h6-9,12-15H,10-11,16-17H2,1-5H3/b24-13+. The number of methoxy groups -OCH3 is 4. The molecular weight excluding hydrogens is 486 g/mol. The fraction of sp³-hybridized carbons (Fsp3) is 0.300. The van der Waals surface area contributed by atoms with Gasteiger partial charge >= 0.3 is 0 Å². The molecule has 2 heterocycles. The molecule has 0 aliphatic carbocycles. The highest BCUT2D eigenvalue weighted by molar-refractivity contribution is 6.16. The zero-order valence-electron chi connectivity index (χ0n) is 22.3. The van der Waals surface area contributed by atoms with E-state index in [9.17, 15) is 4.79 Å². The highest BCUT2D eigenvalue weighted by Crippen LogP contribution is 2.45. The summed E-state index contributed by atoms with van der Waals surface area (Å²) in [6.45, 7) is 3.81. The number of ether oxygens (including phenoxy) is 6. The number of nitrogens with zero attached hydrogens (tertiary/aromatic N) is 1. The second kappa shape index (κ2) is 10.7. The summed E-state index contributed by atoms with van der Waals surface area (Å²) in [7, 11) is 6.32. The van der Waals surface area contributed by atoms with Crippen LogP contribution in [0.25, 0.3) is 6.08 Å². The van der Waals surface area contributed by atoms with Crippen molar-refractivity contribution in [1.29, 1.82) is 0 Å². The van der Waals surface area contributed by atoms with Gasteiger partial charge in [0.2, 0.25) is 11.5 Å². The van der Waals surface area contributed by atoms with Crippen molar-refractivity contribution in [3.8, 4) is 34.5 Å². The Hall–Kier alpha value is -4.17. The Kier molecular flexibility index (Phi) is 7.15. The predicted molar refractivity (Wildman–Crippen MR) is 143 cm³/mol. The van der Waals surface area contributed by atoms with Crippen molar-refractivity contribution in [3.63, 3.8) is 0 Å². The molecule has 198 valence electrons. The predicted octanol–water partition coefficient (Wildman–Crippen LogP) is 5.04. The lowest BCUT2D eigenvalue weighted by molar-refractivity contribution is 0.0949. The number of hydrogen-bond acceptors (Lipinski definition) is 8. The van der Waals surface area contributed by atoms with Crippen molar-refractivity contribution in [2.75, 3.05) is 41.7 Å². The van der Waals surface area contributed by atoms with Crippen molar-refractivity contribution in [1.82, 2.24) is 4.90 Å². The first-order valence-corrected chi connectivity index (χ1v) is 12.3. The van der Waals surface area contributed by atoms with E-state index >= 15 is 0 Å². The zero-order valence-corrected chi connectivity index (χ0v) is 22.3. The zero-order chi connectivity index (χ0) is 26.8. The topological polar surface area (TPSA) is 75.7 Å². The number of benzene rings is 3. The van der Waals surface area contributed by atoms with E-state index in [1.54, 1.807) is 46.6 Å². The number of hydrogen-bond donors (Lipinski definition) is 0. The Morgan fingerprint density at radius 3 is 2.29 bits per heavy atom. The molecule has 2 aliphatic heterocycles. The van der Waals surface area contributed by atoms with Gasteiger partial charge in [-0.3, -0.25) is 9.69 Å². The number of allylic oxidation sites excluding steroid dienone is 1. The van der Waals surface area contributed by atoms with Crippen molar-refractivity contribution >= 4 is 11.9 Å². The fourth-order valence-electron chi connectivity index (χ4n) is 4.83. The highest BCUT2D eigenvalue weighted by Gasteiger charge is 2.35. The van der Waals surface area contributed by atoms with E-state index in [1.807, 2.05) is 25.1 Å². The molecule has 0 saturated heterocycles. The van der Waals surface area contributed by atoms with Gasteiger partial charge in [-0.1, -0.05) is 12.1 Å². The minimum absolute atomic E-state index is 0.163. The van der Waals surface area contributed by atoms with Crippen LogP contribution in [0.1, 0.15) is 32.6 Å². The number of carbonyl (C=O) groups is 1. The molecule has 8 nitrogen and oxygen atoms in total. The van der Waals surface area contributed by atoms with Gasteiger partial charge < -0.3 is 28.4 Å². The Morgan fingerprint density at radius 2 is 1.66 bits per heavy atom. The first kappa shape index (κ1) is 25.5. The van der Waals surface area contributed by atoms with Gasteiger partial charge in [0.05, 0.1) is 39.6 Å². The van der Waals surface area contributed by atoms with E-state index in [4.69, 9.17) is 28.4 Å². The lowest BCUT2D eigenvalue weighted by atomic mass is 9.98. The highest BCUT2D eigenvalue weighted by atomic mass is 16.5. The van der Waals surface area contributed by atoms with Gasteiger partial charge in [0.1, 0.15) is 24.0 Å². The molecule has 5 rings (SSSR count). The number of fused-ring (bicyclic) bond motifs is 3. The summed E-state index contributed by atoms with van der Waals surface area (Å²) in [6.07, 6.45) is 2.56. The third kappa shape index (κ3) is 4.75. The van der Waals surface area contributed by atoms with E-state index in [-0.39, 0.29) is 11.5 Å². The van der Waals surface area contributed by atoms with Crippen LogP contribution in [0.5, 0.6) is 34.5 Å². The van der Waals surface area contributed by atoms with Gasteiger partial charge in [-0.25, -0.2) is 0 Å². The smallest absolute Gasteiger partial charge is 0.232 e. The number of carbonyl (C=O) groups excluding carboxylic acids is 1. The molecular formula is C30H31NO7. The Balaban J connectivity index is 1.40. The normalized spacial score (nSPS) is 15.4. The Bertz CT molecular complexity index is 1370. The maximum Gasteiger partial charge on any atom is 0.232 e. The molecule has 0 bridgehead atoms. The first-order chi connectivity index (χ1) is 18.4. The summed E-state index contributed by atoms with van der Waals surface area (Å²) in [5, 5.41) is 0. The van der Waals surface area contributed by atoms with Gasteiger partial charge in [-0.15, -0.1) is 0 Å². The lowest BCUT2D eigenvalue weighted by Gasteiger charge is -2.30. The molecule has 0 spiro atoms. The third-order valence-electron chi connectivity index (χ3n) is 6.85. The molecule has 0 amide bonds. The maximum atomic E-state index is 13.4. The third-order valence-corrected chi connectivity index (χ3v) is 6.85. The molecule has 0 fully saturated rings. The fourth-order valence-corrected chi connectivity index (χ4v) is 4.83. The van der Waals surface area contributed by atoms with Gasteiger partial charge in [-0.05, 0) is 66.4 Å². The van der Waals surface area contributed by atoms with Crippen LogP contribution in [0.2, 0.25) is 0 Å². The summed E-state index contributed by atoms with van der Waals surface area (Å²) < 4.78 is 33.9. The molecule has 3 aromatic carbocycles. The molecule has 0 unspecified atom stereocenters. The first-order valence-electron chi connectivity index (χ1n) is 12.3. The molecule has 0 saturated carbocycles.